The summed E-state index contributed by atoms with van der Waals surface area (Å²) in [4.78, 5) is 0. The van der Waals surface area contributed by atoms with Gasteiger partial charge in [0.15, 0.2) is 8.24 Å². The Morgan fingerprint density at radius 3 is 1.29 bits per heavy atom. The van der Waals surface area contributed by atoms with Gasteiger partial charge in [0, 0.05) is 7.05 Å². The van der Waals surface area contributed by atoms with E-state index in [4.69, 9.17) is 4.41 Å². The smallest absolute Gasteiger partial charge is 0.180 e. The summed E-state index contributed by atoms with van der Waals surface area (Å²) in [6.45, 7) is 21.4. The minimum absolute atomic E-state index is 0.618. The fourth-order valence-electron chi connectivity index (χ4n) is 1.99. The standard InChI is InChI=1S/C10H30N3PSi3/c1-11-14(12-15(2,3)4)13(16(5,6)7)17(8,9)10/h1-10H3. The third kappa shape index (κ3) is 6.29. The first kappa shape index (κ1) is 17.5. The van der Waals surface area contributed by atoms with Crippen LogP contribution in [0.5, 0.6) is 0 Å². The highest BCUT2D eigenvalue weighted by Gasteiger charge is 2.36. The van der Waals surface area contributed by atoms with Crippen LogP contribution in [-0.2, 0) is 0 Å². The van der Waals surface area contributed by atoms with Crippen molar-refractivity contribution in [3.8, 4) is 0 Å². The maximum Gasteiger partial charge on any atom is 0.180 e. The Labute approximate surface area is 112 Å². The zero-order chi connectivity index (χ0) is 14.1. The lowest BCUT2D eigenvalue weighted by atomic mass is 11.6. The average Bonchev–Trinajstić information content (AvgIpc) is 1.94. The largest absolute Gasteiger partial charge is 0.284 e. The molecular formula is C10H30N3PSi3. The fourth-order valence-corrected chi connectivity index (χ4v) is 18.7. The number of nitrogens with zero attached hydrogens (tertiary/aromatic N) is 3. The predicted molar refractivity (Wildman–Crippen MR) is 89.6 cm³/mol. The third-order valence-corrected chi connectivity index (χ3v) is 17.1. The van der Waals surface area contributed by atoms with Crippen molar-refractivity contribution in [2.75, 3.05) is 7.05 Å². The Kier molecular flexibility index (Phi) is 5.82. The Morgan fingerprint density at radius 1 is 0.765 bits per heavy atom. The third-order valence-electron chi connectivity index (χ3n) is 2.02. The van der Waals surface area contributed by atoms with Crippen molar-refractivity contribution >= 4 is 32.4 Å². The highest BCUT2D eigenvalue weighted by Crippen LogP contribution is 2.36. The lowest BCUT2D eigenvalue weighted by Gasteiger charge is -2.40. The molecule has 0 bridgehead atoms. The molecule has 0 rings (SSSR count). The molecule has 1 atom stereocenters. The molecule has 0 fully saturated rings. The summed E-state index contributed by atoms with van der Waals surface area (Å²) in [5, 5.41) is 0. The molecule has 0 aliphatic heterocycles. The molecule has 0 aromatic carbocycles. The molecular weight excluding hydrogens is 277 g/mol. The molecule has 0 heterocycles. The molecule has 0 amide bonds. The summed E-state index contributed by atoms with van der Waals surface area (Å²) in [6, 6.07) is 0. The molecule has 7 heteroatoms. The van der Waals surface area contributed by atoms with Gasteiger partial charge in [0.1, 0.15) is 24.1 Å². The van der Waals surface area contributed by atoms with Crippen molar-refractivity contribution in [2.45, 2.75) is 58.9 Å². The van der Waals surface area contributed by atoms with Crippen molar-refractivity contribution in [1.82, 2.24) is 4.00 Å². The Bertz CT molecular complexity index is 327. The van der Waals surface area contributed by atoms with E-state index in [0.29, 0.717) is 0 Å². The summed E-state index contributed by atoms with van der Waals surface area (Å²) >= 11 is 0. The predicted octanol–water partition coefficient (Wildman–Crippen LogP) is 5.19. The average molecular weight is 308 g/mol. The summed E-state index contributed by atoms with van der Waals surface area (Å²) in [7, 11) is -2.76. The first-order valence-electron chi connectivity index (χ1n) is 6.22. The van der Waals surface area contributed by atoms with Gasteiger partial charge < -0.3 is 0 Å². The molecule has 0 aliphatic carbocycles. The maximum absolute atomic E-state index is 5.09. The molecule has 0 aromatic heterocycles. The second-order valence-corrected chi connectivity index (χ2v) is 24.6. The van der Waals surface area contributed by atoms with Crippen molar-refractivity contribution in [1.29, 1.82) is 0 Å². The van der Waals surface area contributed by atoms with Gasteiger partial charge in [-0.05, 0) is 19.6 Å². The molecule has 0 aromatic rings. The van der Waals surface area contributed by atoms with E-state index in [1.54, 1.807) is 0 Å². The van der Waals surface area contributed by atoms with E-state index >= 15 is 0 Å². The van der Waals surface area contributed by atoms with Crippen LogP contribution < -0.4 is 0 Å². The lowest BCUT2D eigenvalue weighted by Crippen LogP contribution is -2.54. The lowest BCUT2D eigenvalue weighted by molar-refractivity contribution is 0.979. The van der Waals surface area contributed by atoms with Crippen LogP contribution in [0.1, 0.15) is 0 Å². The zero-order valence-electron chi connectivity index (χ0n) is 13.3. The van der Waals surface area contributed by atoms with E-state index in [-0.39, 0.29) is 0 Å². The van der Waals surface area contributed by atoms with Crippen LogP contribution in [0.25, 0.3) is 0 Å². The van der Waals surface area contributed by atoms with Gasteiger partial charge in [0.25, 0.3) is 0 Å². The van der Waals surface area contributed by atoms with Gasteiger partial charge in [-0.1, -0.05) is 39.3 Å². The number of hydrogen-bond acceptors (Lipinski definition) is 2. The summed E-state index contributed by atoms with van der Waals surface area (Å²) in [6.07, 6.45) is 0. The SMILES string of the molecule is CN=P(=N\[Si](C)(C)C)/N([Si](C)(C)C)[Si](C)(C)C. The molecule has 17 heavy (non-hydrogen) atoms. The molecule has 0 spiro atoms. The van der Waals surface area contributed by atoms with Crippen molar-refractivity contribution in [3.63, 3.8) is 0 Å². The maximum atomic E-state index is 5.09. The van der Waals surface area contributed by atoms with E-state index in [0.717, 1.165) is 0 Å². The molecule has 102 valence electrons. The van der Waals surface area contributed by atoms with Gasteiger partial charge in [-0.25, -0.2) is 4.74 Å². The van der Waals surface area contributed by atoms with E-state index < -0.39 is 32.4 Å². The Morgan fingerprint density at radius 2 is 1.12 bits per heavy atom. The minimum Gasteiger partial charge on any atom is -0.284 e. The highest BCUT2D eigenvalue weighted by molar-refractivity contribution is 7.43. The molecule has 0 N–H and O–H groups in total. The molecule has 3 nitrogen and oxygen atoms in total. The normalized spacial score (nSPS) is 15.8. The van der Waals surface area contributed by atoms with E-state index in [1.807, 2.05) is 7.05 Å². The highest BCUT2D eigenvalue weighted by atomic mass is 31.1. The molecule has 1 unspecified atom stereocenters. The van der Waals surface area contributed by atoms with Crippen LogP contribution >= 0.6 is 7.66 Å². The quantitative estimate of drug-likeness (QED) is 0.519. The van der Waals surface area contributed by atoms with Crippen molar-refractivity contribution in [3.05, 3.63) is 0 Å². The summed E-state index contributed by atoms with van der Waals surface area (Å²) < 4.78 is 12.5. The van der Waals surface area contributed by atoms with Crippen LogP contribution in [-0.4, -0.2) is 35.8 Å². The first-order valence-corrected chi connectivity index (χ1v) is 17.8. The zero-order valence-corrected chi connectivity index (χ0v) is 17.2. The van der Waals surface area contributed by atoms with Crippen LogP contribution in [0.3, 0.4) is 0 Å². The monoisotopic (exact) mass is 307 g/mol. The van der Waals surface area contributed by atoms with E-state index in [1.165, 1.54) is 0 Å². The minimum atomic E-state index is -1.40. The van der Waals surface area contributed by atoms with Gasteiger partial charge >= 0.3 is 0 Å². The Hall–Kier alpha value is 0.511. The molecule has 0 saturated carbocycles. The van der Waals surface area contributed by atoms with Gasteiger partial charge in [-0.2, -0.15) is 0 Å². The van der Waals surface area contributed by atoms with Gasteiger partial charge in [0.05, 0.1) is 0 Å². The van der Waals surface area contributed by atoms with Crippen LogP contribution in [0.15, 0.2) is 9.16 Å². The topological polar surface area (TPSA) is 28.0 Å². The summed E-state index contributed by atoms with van der Waals surface area (Å²) in [5.41, 5.74) is 0. The number of hydrogen-bond donors (Lipinski definition) is 0. The van der Waals surface area contributed by atoms with Crippen molar-refractivity contribution in [2.24, 2.45) is 9.16 Å². The first-order chi connectivity index (χ1) is 7.29. The van der Waals surface area contributed by atoms with Crippen LogP contribution in [0, 0.1) is 0 Å². The number of rotatable bonds is 4. The van der Waals surface area contributed by atoms with Gasteiger partial charge in [-0.15, -0.1) is 0 Å². The molecule has 0 saturated heterocycles. The van der Waals surface area contributed by atoms with Crippen molar-refractivity contribution < 1.29 is 0 Å². The fraction of sp³-hybridized carbons (Fsp3) is 1.00. The van der Waals surface area contributed by atoms with Crippen LogP contribution in [0.4, 0.5) is 0 Å². The van der Waals surface area contributed by atoms with Crippen LogP contribution in [0.2, 0.25) is 58.9 Å². The van der Waals surface area contributed by atoms with Gasteiger partial charge in [-0.3, -0.25) is 8.41 Å². The molecule has 0 radical (unpaired) electrons. The second kappa shape index (κ2) is 5.65. The van der Waals surface area contributed by atoms with E-state index in [9.17, 15) is 0 Å². The second-order valence-electron chi connectivity index (χ2n) is 7.39. The van der Waals surface area contributed by atoms with E-state index in [2.05, 4.69) is 67.7 Å². The summed E-state index contributed by atoms with van der Waals surface area (Å²) in [5.74, 6) is 0. The molecule has 0 aliphatic rings. The Balaban J connectivity index is 5.73. The van der Waals surface area contributed by atoms with Gasteiger partial charge in [0.2, 0.25) is 0 Å².